The predicted molar refractivity (Wildman–Crippen MR) is 385 cm³/mol. The molecule has 0 saturated heterocycles. The smallest absolute Gasteiger partial charge is 0.266 e. The zero-order chi connectivity index (χ0) is 66.4. The number of nitrogens with zero attached hydrogens (tertiary/aromatic N) is 8. The molecule has 10 aromatic carbocycles. The molecule has 14 heteroatoms. The van der Waals surface area contributed by atoms with Crippen LogP contribution < -0.4 is 10.6 Å². The highest BCUT2D eigenvalue weighted by Crippen LogP contribution is 2.48. The van der Waals surface area contributed by atoms with E-state index in [4.69, 9.17) is 20.2 Å². The van der Waals surface area contributed by atoms with Crippen LogP contribution in [0.15, 0.2) is 326 Å². The quantitative estimate of drug-likeness (QED) is 0.0560. The molecule has 2 amide bonds. The van der Waals surface area contributed by atoms with E-state index >= 15 is 0 Å². The Hall–Kier alpha value is -12.7. The van der Waals surface area contributed by atoms with Crippen LogP contribution in [-0.4, -0.2) is 70.8 Å². The molecule has 2 aliphatic rings. The zero-order valence-electron chi connectivity index (χ0n) is 53.1. The maximum Gasteiger partial charge on any atom is 0.266 e. The second-order valence-corrected chi connectivity index (χ2v) is 24.2. The monoisotopic (exact) mass is 1280 g/mol. The van der Waals surface area contributed by atoms with E-state index in [1.165, 1.54) is 0 Å². The number of hydrogen-bond donors (Lipinski definition) is 3. The minimum atomic E-state index is -0.853. The van der Waals surface area contributed by atoms with Crippen molar-refractivity contribution in [3.63, 3.8) is 0 Å². The highest BCUT2D eigenvalue weighted by molar-refractivity contribution is 6.42. The van der Waals surface area contributed by atoms with Gasteiger partial charge in [0.15, 0.2) is 0 Å². The second kappa shape index (κ2) is 27.0. The second-order valence-electron chi connectivity index (χ2n) is 24.2. The SMILES string of the molecule is O=C(N[C@H](CO)c1ccccc1)C1=Nc2cc3c(-c4ccncc4)nn(C(c4ccccc4)(c4ccccc4)c4ccccc4)c3cc2C1.O=C[C@@H](NC(=O)C1=Nc2cc3c(-c4ccncc4)nn(C(c4ccccc4)(c4ccccc4)c4ccccc4)c3cc2C1)c1ccccc1. The van der Waals surface area contributed by atoms with Gasteiger partial charge in [-0.25, -0.2) is 19.3 Å². The third kappa shape index (κ3) is 11.3. The summed E-state index contributed by atoms with van der Waals surface area (Å²) >= 11 is 0. The number of fused-ring (bicyclic) bond motifs is 4. The fourth-order valence-electron chi connectivity index (χ4n) is 13.9. The number of pyridine rings is 2. The van der Waals surface area contributed by atoms with Gasteiger partial charge in [-0.2, -0.15) is 10.2 Å². The predicted octanol–water partition coefficient (Wildman–Crippen LogP) is 15.0. The maximum absolute atomic E-state index is 13.6. The van der Waals surface area contributed by atoms with Crippen LogP contribution in [-0.2, 0) is 38.3 Å². The van der Waals surface area contributed by atoms with E-state index in [2.05, 4.69) is 194 Å². The number of nitrogens with one attached hydrogen (secondary N) is 2. The minimum absolute atomic E-state index is 0.217. The molecular formula is C84H64N10O4. The van der Waals surface area contributed by atoms with E-state index in [0.29, 0.717) is 35.5 Å². The summed E-state index contributed by atoms with van der Waals surface area (Å²) < 4.78 is 4.28. The van der Waals surface area contributed by atoms with Crippen LogP contribution in [0.4, 0.5) is 11.4 Å². The van der Waals surface area contributed by atoms with E-state index < -0.39 is 23.2 Å². The normalized spacial score (nSPS) is 13.1. The molecule has 0 saturated carbocycles. The van der Waals surface area contributed by atoms with Gasteiger partial charge in [-0.1, -0.05) is 243 Å². The fraction of sp³-hybridized carbons (Fsp3) is 0.0833. The van der Waals surface area contributed by atoms with Crippen LogP contribution in [0.5, 0.6) is 0 Å². The molecule has 3 N–H and O–H groups in total. The van der Waals surface area contributed by atoms with Gasteiger partial charge in [0, 0.05) is 59.5 Å². The lowest BCUT2D eigenvalue weighted by Gasteiger charge is -2.37. The highest BCUT2D eigenvalue weighted by Gasteiger charge is 2.43. The summed E-state index contributed by atoms with van der Waals surface area (Å²) in [5.41, 5.74) is 15.5. The summed E-state index contributed by atoms with van der Waals surface area (Å²) in [4.78, 5) is 57.3. The maximum atomic E-state index is 13.6. The lowest BCUT2D eigenvalue weighted by atomic mass is 9.77. The number of amides is 2. The van der Waals surface area contributed by atoms with Crippen LogP contribution in [0.3, 0.4) is 0 Å². The number of benzene rings is 10. The van der Waals surface area contributed by atoms with Gasteiger partial charge < -0.3 is 20.5 Å². The minimum Gasteiger partial charge on any atom is -0.394 e. The van der Waals surface area contributed by atoms with Crippen molar-refractivity contribution in [3.05, 3.63) is 372 Å². The van der Waals surface area contributed by atoms with Crippen molar-refractivity contribution >= 4 is 62.7 Å². The highest BCUT2D eigenvalue weighted by atomic mass is 16.3. The summed E-state index contributed by atoms with van der Waals surface area (Å²) in [6.07, 6.45) is 8.51. The van der Waals surface area contributed by atoms with Crippen LogP contribution in [0, 0.1) is 0 Å². The Labute approximate surface area is 566 Å². The van der Waals surface area contributed by atoms with Crippen molar-refractivity contribution in [2.24, 2.45) is 9.98 Å². The lowest BCUT2D eigenvalue weighted by molar-refractivity contribution is -0.119. The fourth-order valence-corrected chi connectivity index (χ4v) is 13.9. The molecule has 0 spiro atoms. The molecule has 2 atom stereocenters. The van der Waals surface area contributed by atoms with Crippen molar-refractivity contribution in [1.82, 2.24) is 40.2 Å². The Balaban J connectivity index is 0.000000160. The first-order chi connectivity index (χ1) is 48.3. The van der Waals surface area contributed by atoms with Crippen molar-refractivity contribution in [2.45, 2.75) is 36.0 Å². The summed E-state index contributed by atoms with van der Waals surface area (Å²) in [5.74, 6) is -0.671. The number of carbonyl (C=O) groups excluding carboxylic acids is 3. The van der Waals surface area contributed by atoms with Crippen LogP contribution >= 0.6 is 0 Å². The number of aliphatic hydroxyl groups is 1. The molecule has 474 valence electrons. The lowest BCUT2D eigenvalue weighted by Crippen LogP contribution is -2.38. The van der Waals surface area contributed by atoms with Crippen LogP contribution in [0.1, 0.15) is 67.7 Å². The van der Waals surface area contributed by atoms with Crippen LogP contribution in [0.2, 0.25) is 0 Å². The van der Waals surface area contributed by atoms with Gasteiger partial charge in [0.05, 0.1) is 35.1 Å². The molecule has 16 rings (SSSR count). The number of aliphatic imine (C=N–C) groups is 2. The average Bonchev–Trinajstić information content (AvgIpc) is 1.50. The number of aldehydes is 1. The molecule has 6 heterocycles. The standard InChI is InChI=1S/C42H33N5O2.C42H31N5O2/c2*48-28-38(29-13-5-1-6-14-29)45-41(49)37-25-31-26-39-35(27-36(31)44-37)40(30-21-23-43-24-22-30)46-47(39)42(32-15-7-2-8-16-32,33-17-9-3-10-18-33)34-19-11-4-12-20-34/h1-24,26-27,38,48H,25,28H2,(H,45,49);1-24,26-28,38H,25H2,(H,45,49)/t2*38-/m11/s1. The van der Waals surface area contributed by atoms with Gasteiger partial charge in [-0.05, 0) is 104 Å². The average molecular weight is 1280 g/mol. The van der Waals surface area contributed by atoms with E-state index in [1.807, 2.05) is 127 Å². The molecule has 98 heavy (non-hydrogen) atoms. The van der Waals surface area contributed by atoms with Crippen molar-refractivity contribution in [2.75, 3.05) is 6.61 Å². The summed E-state index contributed by atoms with van der Waals surface area (Å²) in [6.45, 7) is -0.217. The molecular weight excluding hydrogens is 1210 g/mol. The molecule has 14 nitrogen and oxygen atoms in total. The van der Waals surface area contributed by atoms with Gasteiger partial charge in [0.1, 0.15) is 46.2 Å². The van der Waals surface area contributed by atoms with Gasteiger partial charge in [0.25, 0.3) is 11.8 Å². The first kappa shape index (κ1) is 61.5. The summed E-state index contributed by atoms with van der Waals surface area (Å²) in [5, 5.41) is 28.7. The third-order valence-corrected chi connectivity index (χ3v) is 18.5. The molecule has 0 fully saturated rings. The molecule has 14 aromatic rings. The largest absolute Gasteiger partial charge is 0.394 e. The van der Waals surface area contributed by atoms with E-state index in [9.17, 15) is 19.5 Å². The van der Waals surface area contributed by atoms with E-state index in [1.54, 1.807) is 24.8 Å². The number of rotatable bonds is 18. The Morgan fingerprint density at radius 2 is 0.735 bits per heavy atom. The molecule has 4 aromatic heterocycles. The van der Waals surface area contributed by atoms with Crippen LogP contribution in [0.25, 0.3) is 44.3 Å². The van der Waals surface area contributed by atoms with Gasteiger partial charge in [-0.3, -0.25) is 19.6 Å². The van der Waals surface area contributed by atoms with E-state index in [-0.39, 0.29) is 18.4 Å². The van der Waals surface area contributed by atoms with Crippen molar-refractivity contribution < 1.29 is 19.5 Å². The molecule has 0 radical (unpaired) electrons. The topological polar surface area (TPSA) is 182 Å². The number of aromatic nitrogens is 6. The summed E-state index contributed by atoms with van der Waals surface area (Å²) in [6, 6.07) is 96.3. The van der Waals surface area contributed by atoms with Crippen molar-refractivity contribution in [1.29, 1.82) is 0 Å². The van der Waals surface area contributed by atoms with Crippen molar-refractivity contribution in [3.8, 4) is 22.5 Å². The zero-order valence-corrected chi connectivity index (χ0v) is 53.1. The number of carbonyl (C=O) groups is 3. The molecule has 2 aliphatic heterocycles. The Kier molecular flexibility index (Phi) is 16.9. The number of hydrogen-bond acceptors (Lipinski definition) is 10. The van der Waals surface area contributed by atoms with E-state index in [0.717, 1.165) is 106 Å². The number of aliphatic hydroxyl groups excluding tert-OH is 1. The van der Waals surface area contributed by atoms with Gasteiger partial charge in [-0.15, -0.1) is 0 Å². The Bertz CT molecular complexity index is 5040. The molecule has 0 bridgehead atoms. The Morgan fingerprint density at radius 3 is 1.06 bits per heavy atom. The molecule has 0 aliphatic carbocycles. The third-order valence-electron chi connectivity index (χ3n) is 18.5. The summed E-state index contributed by atoms with van der Waals surface area (Å²) in [7, 11) is 0. The Morgan fingerprint density at radius 1 is 0.418 bits per heavy atom. The molecule has 0 unspecified atom stereocenters. The first-order valence-corrected chi connectivity index (χ1v) is 32.5. The van der Waals surface area contributed by atoms with Gasteiger partial charge in [0.2, 0.25) is 0 Å². The van der Waals surface area contributed by atoms with Gasteiger partial charge >= 0.3 is 0 Å². The first-order valence-electron chi connectivity index (χ1n) is 32.5.